The minimum Gasteiger partial charge on any atom is -0.507 e. The van der Waals surface area contributed by atoms with Gasteiger partial charge in [0.1, 0.15) is 11.8 Å². The standard InChI is InChI=1S/C35H44F3N3O9Si/c1-17-28(42)19-12-21-27-25-18(11-24(50-33(43)35(36,37)38)30(45-7)31(25)46-15-44-6)10-20(40(27)5)22(13-39)41(21)23(14-49-51(8,9)34(2,3)4)26(19)32-29(17)47-16-48-32/h11,20-23,27,42H,10,12,14-16H2,1-9H3/t20-,21-,22-,23-,27-/m0/s1. The Hall–Kier alpha value is -3.75. The van der Waals surface area contributed by atoms with E-state index in [2.05, 4.69) is 49.7 Å². The van der Waals surface area contributed by atoms with Crippen LogP contribution in [-0.4, -0.2) is 95.0 Å². The van der Waals surface area contributed by atoms with Crippen LogP contribution in [0.4, 0.5) is 13.2 Å². The van der Waals surface area contributed by atoms with Crippen LogP contribution in [0, 0.1) is 18.3 Å². The Labute approximate surface area is 296 Å². The Balaban J connectivity index is 1.58. The van der Waals surface area contributed by atoms with E-state index in [1.165, 1.54) is 20.3 Å². The second-order valence-electron chi connectivity index (χ2n) is 14.9. The average Bonchev–Trinajstić information content (AvgIpc) is 3.54. The number of methoxy groups -OCH3 is 2. The normalized spacial score (nSPS) is 24.3. The average molecular weight is 736 g/mol. The third kappa shape index (κ3) is 5.96. The lowest BCUT2D eigenvalue weighted by molar-refractivity contribution is -0.189. The summed E-state index contributed by atoms with van der Waals surface area (Å²) in [6.07, 6.45) is -4.79. The second kappa shape index (κ2) is 13.0. The molecule has 1 N–H and O–H groups in total. The molecule has 0 aliphatic carbocycles. The summed E-state index contributed by atoms with van der Waals surface area (Å²) in [5, 5.41) is 22.6. The third-order valence-corrected chi connectivity index (χ3v) is 15.7. The van der Waals surface area contributed by atoms with E-state index in [0.29, 0.717) is 39.3 Å². The number of phenols is 1. The minimum atomic E-state index is -5.26. The number of nitrogens with zero attached hydrogens (tertiary/aromatic N) is 3. The number of aromatic hydroxyl groups is 1. The number of likely N-dealkylation sites (N-methyl/N-ethyl adjacent to an activating group) is 1. The largest absolute Gasteiger partial charge is 0.507 e. The molecule has 1 fully saturated rings. The lowest BCUT2D eigenvalue weighted by Crippen LogP contribution is -2.68. The molecule has 0 amide bonds. The lowest BCUT2D eigenvalue weighted by atomic mass is 9.72. The highest BCUT2D eigenvalue weighted by Crippen LogP contribution is 2.59. The number of benzene rings is 2. The van der Waals surface area contributed by atoms with E-state index in [-0.39, 0.29) is 55.3 Å². The quantitative estimate of drug-likeness (QED) is 0.155. The fourth-order valence-electron chi connectivity index (χ4n) is 7.75. The summed E-state index contributed by atoms with van der Waals surface area (Å²) in [7, 11) is 2.19. The van der Waals surface area contributed by atoms with E-state index in [4.69, 9.17) is 32.8 Å². The van der Waals surface area contributed by atoms with Gasteiger partial charge in [0.25, 0.3) is 0 Å². The summed E-state index contributed by atoms with van der Waals surface area (Å²) < 4.78 is 80.6. The van der Waals surface area contributed by atoms with E-state index >= 15 is 0 Å². The van der Waals surface area contributed by atoms with Gasteiger partial charge in [0, 0.05) is 41.4 Å². The Morgan fingerprint density at radius 3 is 2.39 bits per heavy atom. The van der Waals surface area contributed by atoms with Crippen LogP contribution in [0.5, 0.6) is 34.5 Å². The molecule has 12 nitrogen and oxygen atoms in total. The van der Waals surface area contributed by atoms with Gasteiger partial charge in [-0.1, -0.05) is 20.8 Å². The molecule has 51 heavy (non-hydrogen) atoms. The molecule has 4 aliphatic heterocycles. The van der Waals surface area contributed by atoms with E-state index in [1.807, 2.05) is 7.05 Å². The zero-order chi connectivity index (χ0) is 37.4. The van der Waals surface area contributed by atoms with Crippen LogP contribution < -0.4 is 23.7 Å². The van der Waals surface area contributed by atoms with Crippen LogP contribution in [0.1, 0.15) is 60.7 Å². The van der Waals surface area contributed by atoms with Crippen LogP contribution in [0.2, 0.25) is 18.1 Å². The van der Waals surface area contributed by atoms with Crippen molar-refractivity contribution >= 4 is 14.3 Å². The number of halogens is 3. The van der Waals surface area contributed by atoms with Gasteiger partial charge in [-0.25, -0.2) is 4.79 Å². The maximum absolute atomic E-state index is 13.4. The zero-order valence-corrected chi connectivity index (χ0v) is 31.2. The molecule has 0 aromatic heterocycles. The van der Waals surface area contributed by atoms with Gasteiger partial charge in [-0.15, -0.1) is 0 Å². The molecular weight excluding hydrogens is 691 g/mol. The number of nitriles is 1. The van der Waals surface area contributed by atoms with Crippen molar-refractivity contribution in [3.8, 4) is 40.6 Å². The van der Waals surface area contributed by atoms with Gasteiger partial charge in [0.2, 0.25) is 12.5 Å². The predicted molar refractivity (Wildman–Crippen MR) is 179 cm³/mol. The van der Waals surface area contributed by atoms with Crippen LogP contribution in [-0.2, 0) is 26.8 Å². The third-order valence-electron chi connectivity index (χ3n) is 11.2. The number of phenolic OH excluding ortho intramolecular Hbond substituents is 1. The molecule has 6 rings (SSSR count). The number of alkyl halides is 3. The zero-order valence-electron chi connectivity index (χ0n) is 30.2. The van der Waals surface area contributed by atoms with Crippen LogP contribution >= 0.6 is 0 Å². The van der Waals surface area contributed by atoms with Gasteiger partial charge in [-0.05, 0) is 56.6 Å². The highest BCUT2D eigenvalue weighted by atomic mass is 28.4. The first-order valence-corrected chi connectivity index (χ1v) is 19.6. The molecule has 2 bridgehead atoms. The molecule has 1 saturated heterocycles. The Bertz CT molecular complexity index is 1770. The highest BCUT2D eigenvalue weighted by Gasteiger charge is 2.57. The summed E-state index contributed by atoms with van der Waals surface area (Å²) in [5.41, 5.74) is 3.01. The van der Waals surface area contributed by atoms with Gasteiger partial charge >= 0.3 is 12.1 Å². The number of piperazine rings is 1. The summed E-state index contributed by atoms with van der Waals surface area (Å²) >= 11 is 0. The van der Waals surface area contributed by atoms with Gasteiger partial charge < -0.3 is 38.0 Å². The van der Waals surface area contributed by atoms with E-state index < -0.39 is 56.4 Å². The second-order valence-corrected chi connectivity index (χ2v) is 19.7. The summed E-state index contributed by atoms with van der Waals surface area (Å²) in [4.78, 5) is 16.3. The maximum Gasteiger partial charge on any atom is 0.491 e. The summed E-state index contributed by atoms with van der Waals surface area (Å²) in [6, 6.07) is 1.14. The molecule has 0 unspecified atom stereocenters. The van der Waals surface area contributed by atoms with E-state index in [9.17, 15) is 28.3 Å². The van der Waals surface area contributed by atoms with Gasteiger partial charge in [0.15, 0.2) is 38.1 Å². The molecule has 2 aromatic rings. The Morgan fingerprint density at radius 1 is 1.10 bits per heavy atom. The summed E-state index contributed by atoms with van der Waals surface area (Å²) in [5.74, 6) is -2.00. The Kier molecular flexibility index (Phi) is 9.46. The molecule has 278 valence electrons. The predicted octanol–water partition coefficient (Wildman–Crippen LogP) is 5.68. The monoisotopic (exact) mass is 735 g/mol. The van der Waals surface area contributed by atoms with Crippen molar-refractivity contribution in [1.82, 2.24) is 9.80 Å². The fraction of sp³-hybridized carbons (Fsp3) is 0.600. The van der Waals surface area contributed by atoms with Crippen molar-refractivity contribution in [2.45, 2.75) is 95.1 Å². The molecular formula is C35H44F3N3O9Si. The molecule has 5 atom stereocenters. The first-order chi connectivity index (χ1) is 23.9. The number of fused-ring (bicyclic) bond motifs is 9. The molecule has 0 spiro atoms. The van der Waals surface area contributed by atoms with Crippen molar-refractivity contribution in [2.75, 3.05) is 41.5 Å². The van der Waals surface area contributed by atoms with Crippen LogP contribution in [0.15, 0.2) is 6.07 Å². The SMILES string of the molecule is COCOc1c(OC)c(OC(=O)C(F)(F)F)cc2c1[C@@H]1[C@@H]3Cc4c(O)c(C)c5c(c4[C@H](CO[Si](C)(C)C(C)(C)C)N3[C@@H](C#N)[C@H](C2)N1C)OCO5. The number of esters is 1. The number of rotatable bonds is 8. The fourth-order valence-corrected chi connectivity index (χ4v) is 8.76. The van der Waals surface area contributed by atoms with Crippen molar-refractivity contribution in [3.63, 3.8) is 0 Å². The molecule has 0 radical (unpaired) electrons. The lowest BCUT2D eigenvalue weighted by Gasteiger charge is -2.60. The summed E-state index contributed by atoms with van der Waals surface area (Å²) in [6.45, 7) is 12.4. The number of carbonyl (C=O) groups is 1. The van der Waals surface area contributed by atoms with Crippen molar-refractivity contribution < 1.29 is 55.9 Å². The molecule has 4 aliphatic rings. The number of hydrogen-bond donors (Lipinski definition) is 1. The van der Waals surface area contributed by atoms with Crippen molar-refractivity contribution in [2.24, 2.45) is 0 Å². The van der Waals surface area contributed by atoms with Crippen molar-refractivity contribution in [3.05, 3.63) is 33.9 Å². The minimum absolute atomic E-state index is 0.0183. The first kappa shape index (κ1) is 37.0. The highest BCUT2D eigenvalue weighted by molar-refractivity contribution is 6.74. The van der Waals surface area contributed by atoms with Crippen LogP contribution in [0.3, 0.4) is 0 Å². The number of ether oxygens (including phenoxy) is 6. The topological polar surface area (TPSA) is 132 Å². The van der Waals surface area contributed by atoms with Gasteiger partial charge in [-0.3, -0.25) is 9.80 Å². The molecule has 4 heterocycles. The molecule has 2 aromatic carbocycles. The molecule has 0 saturated carbocycles. The Morgan fingerprint density at radius 2 is 1.78 bits per heavy atom. The first-order valence-electron chi connectivity index (χ1n) is 16.7. The van der Waals surface area contributed by atoms with E-state index in [1.54, 1.807) is 6.92 Å². The van der Waals surface area contributed by atoms with Gasteiger partial charge in [-0.2, -0.15) is 18.4 Å². The number of hydrogen-bond acceptors (Lipinski definition) is 12. The molecule has 16 heteroatoms. The van der Waals surface area contributed by atoms with Crippen molar-refractivity contribution in [1.29, 1.82) is 5.26 Å². The number of carbonyl (C=O) groups excluding carboxylic acids is 1. The van der Waals surface area contributed by atoms with E-state index in [0.717, 1.165) is 0 Å². The smallest absolute Gasteiger partial charge is 0.491 e. The maximum atomic E-state index is 13.4. The van der Waals surface area contributed by atoms with Crippen LogP contribution in [0.25, 0.3) is 0 Å². The van der Waals surface area contributed by atoms with Gasteiger partial charge in [0.05, 0.1) is 31.9 Å².